The third kappa shape index (κ3) is 2.77. The number of aromatic nitrogens is 1. The number of aryl methyl sites for hydroxylation is 2. The summed E-state index contributed by atoms with van der Waals surface area (Å²) in [6.07, 6.45) is 1.73. The van der Waals surface area contributed by atoms with Crippen molar-refractivity contribution in [3.8, 4) is 11.6 Å². The van der Waals surface area contributed by atoms with Crippen LogP contribution in [0.1, 0.15) is 11.1 Å². The third-order valence-corrected chi connectivity index (χ3v) is 3.28. The molecule has 0 radical (unpaired) electrons. The number of rotatable bonds is 2. The van der Waals surface area contributed by atoms with E-state index < -0.39 is 0 Å². The van der Waals surface area contributed by atoms with Gasteiger partial charge in [-0.25, -0.2) is 4.98 Å². The number of halogens is 1. The molecule has 0 amide bonds. The van der Waals surface area contributed by atoms with E-state index >= 15 is 0 Å². The summed E-state index contributed by atoms with van der Waals surface area (Å²) in [7, 11) is 0. The number of hydrogen-bond acceptors (Lipinski definition) is 3. The third-order valence-electron chi connectivity index (χ3n) is 2.45. The highest BCUT2D eigenvalue weighted by atomic mass is 79.9. The van der Waals surface area contributed by atoms with E-state index in [1.807, 2.05) is 32.0 Å². The molecule has 1 aromatic carbocycles. The van der Waals surface area contributed by atoms with Gasteiger partial charge in [0.25, 0.3) is 0 Å². The van der Waals surface area contributed by atoms with Gasteiger partial charge in [0.15, 0.2) is 0 Å². The molecule has 0 bridgehead atoms. The van der Waals surface area contributed by atoms with Crippen molar-refractivity contribution in [2.75, 3.05) is 5.73 Å². The number of anilines is 1. The van der Waals surface area contributed by atoms with Crippen LogP contribution in [-0.4, -0.2) is 4.98 Å². The summed E-state index contributed by atoms with van der Waals surface area (Å²) in [5.74, 6) is 1.30. The number of ether oxygens (including phenoxy) is 1. The fourth-order valence-corrected chi connectivity index (χ4v) is 1.63. The average Bonchev–Trinajstić information content (AvgIpc) is 2.29. The first-order valence-electron chi connectivity index (χ1n) is 5.22. The highest BCUT2D eigenvalue weighted by molar-refractivity contribution is 9.10. The largest absolute Gasteiger partial charge is 0.439 e. The normalized spacial score (nSPS) is 10.3. The van der Waals surface area contributed by atoms with Crippen molar-refractivity contribution >= 4 is 21.6 Å². The highest BCUT2D eigenvalue weighted by Gasteiger charge is 2.04. The Morgan fingerprint density at radius 2 is 1.94 bits per heavy atom. The van der Waals surface area contributed by atoms with Crippen molar-refractivity contribution in [2.24, 2.45) is 0 Å². The minimum Gasteiger partial charge on any atom is -0.439 e. The van der Waals surface area contributed by atoms with Gasteiger partial charge in [-0.3, -0.25) is 0 Å². The first kappa shape index (κ1) is 11.9. The van der Waals surface area contributed by atoms with Crippen LogP contribution < -0.4 is 10.5 Å². The molecule has 0 fully saturated rings. The Morgan fingerprint density at radius 3 is 2.65 bits per heavy atom. The molecule has 0 atom stereocenters. The van der Waals surface area contributed by atoms with Crippen molar-refractivity contribution in [1.82, 2.24) is 4.98 Å². The summed E-state index contributed by atoms with van der Waals surface area (Å²) in [5, 5.41) is 0. The van der Waals surface area contributed by atoms with Crippen LogP contribution >= 0.6 is 15.9 Å². The molecule has 2 rings (SSSR count). The number of nitrogens with two attached hydrogens (primary N) is 1. The van der Waals surface area contributed by atoms with Crippen LogP contribution in [-0.2, 0) is 0 Å². The molecule has 4 heteroatoms. The summed E-state index contributed by atoms with van der Waals surface area (Å²) >= 11 is 3.40. The fourth-order valence-electron chi connectivity index (χ4n) is 1.41. The Hall–Kier alpha value is -1.55. The number of nitrogens with zero attached hydrogens (tertiary/aromatic N) is 1. The summed E-state index contributed by atoms with van der Waals surface area (Å²) < 4.78 is 6.68. The Labute approximate surface area is 109 Å². The van der Waals surface area contributed by atoms with Crippen molar-refractivity contribution in [2.45, 2.75) is 13.8 Å². The standard InChI is InChI=1S/C13H13BrN2O/c1-8-3-4-10(15)6-12(8)17-13-5-9(2)11(14)7-16-13/h3-7H,15H2,1-2H3. The van der Waals surface area contributed by atoms with E-state index in [2.05, 4.69) is 20.9 Å². The second-order valence-electron chi connectivity index (χ2n) is 3.90. The lowest BCUT2D eigenvalue weighted by Gasteiger charge is -2.09. The van der Waals surface area contributed by atoms with E-state index in [1.54, 1.807) is 12.3 Å². The van der Waals surface area contributed by atoms with Crippen molar-refractivity contribution in [1.29, 1.82) is 0 Å². The summed E-state index contributed by atoms with van der Waals surface area (Å²) in [6.45, 7) is 3.96. The minimum atomic E-state index is 0.569. The van der Waals surface area contributed by atoms with Crippen LogP contribution in [0.15, 0.2) is 34.9 Å². The quantitative estimate of drug-likeness (QED) is 0.856. The van der Waals surface area contributed by atoms with Crippen LogP contribution in [0.25, 0.3) is 0 Å². The molecule has 2 aromatic rings. The fraction of sp³-hybridized carbons (Fsp3) is 0.154. The van der Waals surface area contributed by atoms with E-state index in [1.165, 1.54) is 0 Å². The first-order valence-corrected chi connectivity index (χ1v) is 6.01. The Balaban J connectivity index is 2.31. The highest BCUT2D eigenvalue weighted by Crippen LogP contribution is 2.27. The summed E-state index contributed by atoms with van der Waals surface area (Å²) in [6, 6.07) is 7.46. The van der Waals surface area contributed by atoms with E-state index in [4.69, 9.17) is 10.5 Å². The maximum absolute atomic E-state index is 5.73. The van der Waals surface area contributed by atoms with Crippen molar-refractivity contribution < 1.29 is 4.74 Å². The van der Waals surface area contributed by atoms with Crippen LogP contribution in [0.3, 0.4) is 0 Å². The van der Waals surface area contributed by atoms with Gasteiger partial charge < -0.3 is 10.5 Å². The molecule has 88 valence electrons. The first-order chi connectivity index (χ1) is 8.06. The molecule has 0 spiro atoms. The van der Waals surface area contributed by atoms with Gasteiger partial charge in [0.1, 0.15) is 5.75 Å². The molecule has 0 saturated heterocycles. The van der Waals surface area contributed by atoms with Crippen molar-refractivity contribution in [3.05, 3.63) is 46.1 Å². The van der Waals surface area contributed by atoms with Crippen LogP contribution in [0, 0.1) is 13.8 Å². The summed E-state index contributed by atoms with van der Waals surface area (Å²) in [5.41, 5.74) is 8.52. The number of hydrogen-bond donors (Lipinski definition) is 1. The van der Waals surface area contributed by atoms with Crippen LogP contribution in [0.5, 0.6) is 11.6 Å². The molecule has 0 saturated carbocycles. The van der Waals surface area contributed by atoms with Crippen molar-refractivity contribution in [3.63, 3.8) is 0 Å². The van der Waals surface area contributed by atoms with Gasteiger partial charge in [0, 0.05) is 28.5 Å². The predicted molar refractivity (Wildman–Crippen MR) is 72.3 cm³/mol. The monoisotopic (exact) mass is 292 g/mol. The topological polar surface area (TPSA) is 48.1 Å². The molecule has 0 aliphatic rings. The maximum Gasteiger partial charge on any atom is 0.219 e. The SMILES string of the molecule is Cc1cc(Oc2cc(N)ccc2C)ncc1Br. The Kier molecular flexibility index (Phi) is 3.33. The average molecular weight is 293 g/mol. The Morgan fingerprint density at radius 1 is 1.18 bits per heavy atom. The smallest absolute Gasteiger partial charge is 0.219 e. The second kappa shape index (κ2) is 4.75. The second-order valence-corrected chi connectivity index (χ2v) is 4.75. The zero-order valence-electron chi connectivity index (χ0n) is 9.70. The van der Waals surface area contributed by atoms with Gasteiger partial charge in [-0.15, -0.1) is 0 Å². The van der Waals surface area contributed by atoms with E-state index in [-0.39, 0.29) is 0 Å². The maximum atomic E-state index is 5.73. The van der Waals surface area contributed by atoms with Gasteiger partial charge >= 0.3 is 0 Å². The molecule has 1 heterocycles. The summed E-state index contributed by atoms with van der Waals surface area (Å²) in [4.78, 5) is 4.20. The molecule has 1 aromatic heterocycles. The van der Waals surface area contributed by atoms with E-state index in [0.29, 0.717) is 11.6 Å². The van der Waals surface area contributed by atoms with Gasteiger partial charge in [0.05, 0.1) is 0 Å². The molecule has 17 heavy (non-hydrogen) atoms. The number of pyridine rings is 1. The molecular formula is C13H13BrN2O. The lowest BCUT2D eigenvalue weighted by Crippen LogP contribution is -1.93. The van der Waals surface area contributed by atoms with Crippen LogP contribution in [0.4, 0.5) is 5.69 Å². The van der Waals surface area contributed by atoms with E-state index in [0.717, 1.165) is 21.3 Å². The zero-order valence-corrected chi connectivity index (χ0v) is 11.3. The molecule has 2 N–H and O–H groups in total. The van der Waals surface area contributed by atoms with Gasteiger partial charge in [-0.1, -0.05) is 6.07 Å². The molecule has 0 unspecified atom stereocenters. The van der Waals surface area contributed by atoms with Gasteiger partial charge in [-0.05, 0) is 47.0 Å². The van der Waals surface area contributed by atoms with E-state index in [9.17, 15) is 0 Å². The van der Waals surface area contributed by atoms with Gasteiger partial charge in [-0.2, -0.15) is 0 Å². The number of nitrogen functional groups attached to an aromatic ring is 1. The predicted octanol–water partition coefficient (Wildman–Crippen LogP) is 3.84. The number of benzene rings is 1. The molecule has 0 aliphatic heterocycles. The lowest BCUT2D eigenvalue weighted by molar-refractivity contribution is 0.459. The lowest BCUT2D eigenvalue weighted by atomic mass is 10.2. The Bertz CT molecular complexity index is 555. The molecule has 0 aliphatic carbocycles. The van der Waals surface area contributed by atoms with Gasteiger partial charge in [0.2, 0.25) is 5.88 Å². The minimum absolute atomic E-state index is 0.569. The van der Waals surface area contributed by atoms with Crippen LogP contribution in [0.2, 0.25) is 0 Å². The molecular weight excluding hydrogens is 280 g/mol. The zero-order chi connectivity index (χ0) is 12.4. The molecule has 3 nitrogen and oxygen atoms in total.